The quantitative estimate of drug-likeness (QED) is 0.222. The lowest BCUT2D eigenvalue weighted by Gasteiger charge is -2.38. The number of Topliss-reactive ketones (excluding diaryl/α,β-unsaturated/α-hetero) is 1. The van der Waals surface area contributed by atoms with Gasteiger partial charge in [0.15, 0.2) is 0 Å². The monoisotopic (exact) mass is 484 g/mol. The van der Waals surface area contributed by atoms with Gasteiger partial charge in [0.25, 0.3) is 0 Å². The summed E-state index contributed by atoms with van der Waals surface area (Å²) in [5.41, 5.74) is 9.39. The molecule has 1 aromatic rings. The molecule has 1 saturated heterocycles. The number of hydrogen-bond acceptors (Lipinski definition) is 5. The average molecular weight is 485 g/mol. The Morgan fingerprint density at radius 1 is 1.20 bits per heavy atom. The second-order valence-electron chi connectivity index (χ2n) is 10.4. The number of nitrogens with zero attached hydrogens (tertiary/aromatic N) is 3. The minimum absolute atomic E-state index is 0.191. The van der Waals surface area contributed by atoms with E-state index in [1.807, 2.05) is 56.0 Å². The van der Waals surface area contributed by atoms with E-state index in [-0.39, 0.29) is 24.2 Å². The first-order valence-corrected chi connectivity index (χ1v) is 12.5. The van der Waals surface area contributed by atoms with Gasteiger partial charge in [-0.3, -0.25) is 19.3 Å². The van der Waals surface area contributed by atoms with E-state index in [4.69, 9.17) is 10.3 Å². The van der Waals surface area contributed by atoms with E-state index in [1.54, 1.807) is 0 Å². The first-order valence-electron chi connectivity index (χ1n) is 12.5. The zero-order chi connectivity index (χ0) is 26.2. The number of ketones is 1. The number of carbonyl (C=O) groups excluding carboxylic acids is 3. The number of rotatable bonds is 11. The van der Waals surface area contributed by atoms with Gasteiger partial charge in [-0.25, -0.2) is 0 Å². The molecule has 1 aliphatic rings. The SMILES string of the molecule is CCC(CC)C[C@H](NC(C)=O)[C@H]1[C@H](C(=O)C=[N+]=[N-])C[C@H](C(=O)OC(C)(C)C)N1Cc1ccccc1. The summed E-state index contributed by atoms with van der Waals surface area (Å²) >= 11 is 0. The van der Waals surface area contributed by atoms with Gasteiger partial charge in [0.2, 0.25) is 11.7 Å². The van der Waals surface area contributed by atoms with Gasteiger partial charge in [-0.05, 0) is 45.1 Å². The van der Waals surface area contributed by atoms with Crippen LogP contribution >= 0.6 is 0 Å². The Morgan fingerprint density at radius 3 is 2.34 bits per heavy atom. The van der Waals surface area contributed by atoms with Crippen LogP contribution in [0.2, 0.25) is 0 Å². The van der Waals surface area contributed by atoms with Crippen LogP contribution in [0.3, 0.4) is 0 Å². The number of carbonyl (C=O) groups is 3. The van der Waals surface area contributed by atoms with Crippen LogP contribution in [0.4, 0.5) is 0 Å². The minimum atomic E-state index is -0.688. The standard InChI is InChI=1S/C27H40N4O4/c1-7-19(8-2)14-22(30-18(3)32)25-21(24(33)16-29-28)15-23(26(34)35-27(4,5)6)31(25)17-20-12-10-9-11-13-20/h9-13,16,19,21-23,25H,7-8,14-15,17H2,1-6H3,(H,30,32)/t21-,22-,23+,25+/m0/s1. The lowest BCUT2D eigenvalue weighted by Crippen LogP contribution is -2.55. The van der Waals surface area contributed by atoms with Crippen LogP contribution in [0.5, 0.6) is 0 Å². The normalized spacial score (nSPS) is 21.3. The third kappa shape index (κ3) is 8.11. The summed E-state index contributed by atoms with van der Waals surface area (Å²) in [6, 6.07) is 8.21. The molecule has 1 amide bonds. The Hall–Kier alpha value is -2.83. The van der Waals surface area contributed by atoms with Crippen molar-refractivity contribution in [3.05, 3.63) is 41.4 Å². The van der Waals surface area contributed by atoms with Crippen molar-refractivity contribution in [3.8, 4) is 0 Å². The largest absolute Gasteiger partial charge is 0.459 e. The van der Waals surface area contributed by atoms with Crippen LogP contribution in [0.15, 0.2) is 30.3 Å². The van der Waals surface area contributed by atoms with E-state index in [0.29, 0.717) is 18.9 Å². The van der Waals surface area contributed by atoms with Gasteiger partial charge in [-0.15, -0.1) is 0 Å². The van der Waals surface area contributed by atoms with Crippen molar-refractivity contribution in [3.63, 3.8) is 0 Å². The lowest BCUT2D eigenvalue weighted by molar-refractivity contribution is -0.161. The van der Waals surface area contributed by atoms with E-state index >= 15 is 0 Å². The zero-order valence-corrected chi connectivity index (χ0v) is 21.9. The Kier molecular flexibility index (Phi) is 10.3. The summed E-state index contributed by atoms with van der Waals surface area (Å²) in [7, 11) is 0. The molecule has 1 N–H and O–H groups in total. The smallest absolute Gasteiger partial charge is 0.323 e. The first kappa shape index (κ1) is 28.4. The van der Waals surface area contributed by atoms with Gasteiger partial charge in [0, 0.05) is 31.5 Å². The molecule has 35 heavy (non-hydrogen) atoms. The van der Waals surface area contributed by atoms with Gasteiger partial charge < -0.3 is 15.6 Å². The fraction of sp³-hybridized carbons (Fsp3) is 0.630. The molecule has 0 saturated carbocycles. The number of amides is 1. The van der Waals surface area contributed by atoms with E-state index in [2.05, 4.69) is 24.0 Å². The topological polar surface area (TPSA) is 112 Å². The van der Waals surface area contributed by atoms with Crippen molar-refractivity contribution in [2.45, 2.75) is 97.5 Å². The summed E-state index contributed by atoms with van der Waals surface area (Å²) in [6.07, 6.45) is 3.66. The zero-order valence-electron chi connectivity index (χ0n) is 21.9. The second-order valence-corrected chi connectivity index (χ2v) is 10.4. The van der Waals surface area contributed by atoms with Gasteiger partial charge in [0.05, 0.1) is 0 Å². The number of nitrogens with one attached hydrogen (secondary N) is 1. The van der Waals surface area contributed by atoms with Crippen LogP contribution in [-0.2, 0) is 25.7 Å². The van der Waals surface area contributed by atoms with Crippen molar-refractivity contribution < 1.29 is 23.9 Å². The summed E-state index contributed by atoms with van der Waals surface area (Å²) in [6.45, 7) is 11.5. The summed E-state index contributed by atoms with van der Waals surface area (Å²) in [5.74, 6) is -1.27. The number of benzene rings is 1. The van der Waals surface area contributed by atoms with Crippen LogP contribution in [0.1, 0.15) is 72.8 Å². The Balaban J connectivity index is 2.60. The van der Waals surface area contributed by atoms with Crippen molar-refractivity contribution >= 4 is 23.9 Å². The fourth-order valence-electron chi connectivity index (χ4n) is 5.04. The third-order valence-electron chi connectivity index (χ3n) is 6.65. The van der Waals surface area contributed by atoms with Gasteiger partial charge in [-0.2, -0.15) is 4.79 Å². The predicted octanol–water partition coefficient (Wildman–Crippen LogP) is 3.79. The molecule has 0 aliphatic carbocycles. The van der Waals surface area contributed by atoms with Gasteiger partial charge in [0.1, 0.15) is 11.6 Å². The van der Waals surface area contributed by atoms with Crippen molar-refractivity contribution in [1.29, 1.82) is 0 Å². The third-order valence-corrected chi connectivity index (χ3v) is 6.65. The van der Waals surface area contributed by atoms with E-state index in [1.165, 1.54) is 6.92 Å². The van der Waals surface area contributed by atoms with E-state index < -0.39 is 29.6 Å². The summed E-state index contributed by atoms with van der Waals surface area (Å²) in [5, 5.41) is 3.08. The number of esters is 1. The molecule has 1 fully saturated rings. The Bertz CT molecular complexity index is 917. The number of ether oxygens (including phenoxy) is 1. The molecule has 0 unspecified atom stereocenters. The second kappa shape index (κ2) is 12.8. The van der Waals surface area contributed by atoms with Crippen LogP contribution in [-0.4, -0.2) is 57.3 Å². The fourth-order valence-corrected chi connectivity index (χ4v) is 5.04. The maximum Gasteiger partial charge on any atom is 0.323 e. The molecular formula is C27H40N4O4. The highest BCUT2D eigenvalue weighted by atomic mass is 16.6. The molecular weight excluding hydrogens is 444 g/mol. The molecule has 0 aromatic heterocycles. The minimum Gasteiger partial charge on any atom is -0.459 e. The Morgan fingerprint density at radius 2 is 1.83 bits per heavy atom. The summed E-state index contributed by atoms with van der Waals surface area (Å²) in [4.78, 5) is 43.7. The molecule has 1 aliphatic heterocycles. The molecule has 1 heterocycles. The first-order chi connectivity index (χ1) is 16.5. The maximum atomic E-state index is 13.4. The van der Waals surface area contributed by atoms with Gasteiger partial charge >= 0.3 is 12.2 Å². The molecule has 8 nitrogen and oxygen atoms in total. The molecule has 192 valence electrons. The number of likely N-dealkylation sites (tertiary alicyclic amines) is 1. The van der Waals surface area contributed by atoms with E-state index in [0.717, 1.165) is 24.6 Å². The average Bonchev–Trinajstić information content (AvgIpc) is 3.15. The highest BCUT2D eigenvalue weighted by Crippen LogP contribution is 2.37. The van der Waals surface area contributed by atoms with Crippen molar-refractivity contribution in [2.75, 3.05) is 0 Å². The molecule has 1 aromatic carbocycles. The van der Waals surface area contributed by atoms with Crippen molar-refractivity contribution in [2.24, 2.45) is 11.8 Å². The molecule has 2 rings (SSSR count). The maximum absolute atomic E-state index is 13.4. The van der Waals surface area contributed by atoms with Gasteiger partial charge in [-0.1, -0.05) is 57.0 Å². The van der Waals surface area contributed by atoms with Crippen LogP contribution in [0.25, 0.3) is 5.53 Å². The lowest BCUT2D eigenvalue weighted by atomic mass is 9.84. The predicted molar refractivity (Wildman–Crippen MR) is 134 cm³/mol. The summed E-state index contributed by atoms with van der Waals surface area (Å²) < 4.78 is 5.75. The molecule has 4 atom stereocenters. The van der Waals surface area contributed by atoms with Crippen LogP contribution < -0.4 is 5.32 Å². The van der Waals surface area contributed by atoms with E-state index in [9.17, 15) is 14.4 Å². The Labute approximate surface area is 209 Å². The molecule has 0 radical (unpaired) electrons. The molecule has 8 heteroatoms. The van der Waals surface area contributed by atoms with Crippen molar-refractivity contribution in [1.82, 2.24) is 10.2 Å². The molecule has 0 bridgehead atoms. The highest BCUT2D eigenvalue weighted by molar-refractivity contribution is 6.26. The highest BCUT2D eigenvalue weighted by Gasteiger charge is 2.52. The molecule has 0 spiro atoms. The van der Waals surface area contributed by atoms with Crippen LogP contribution in [0, 0.1) is 11.8 Å². The number of hydrogen-bond donors (Lipinski definition) is 1.